The third-order valence-electron chi connectivity index (χ3n) is 5.97. The maximum atomic E-state index is 12.0. The predicted molar refractivity (Wildman–Crippen MR) is 146 cm³/mol. The minimum absolute atomic E-state index is 0.0338. The molecule has 0 spiro atoms. The van der Waals surface area contributed by atoms with Gasteiger partial charge in [0, 0.05) is 6.08 Å². The molecule has 0 aromatic rings. The molecule has 0 aromatic carbocycles. The molecule has 1 rings (SSSR count). The zero-order valence-corrected chi connectivity index (χ0v) is 24.7. The molecule has 1 N–H and O–H groups in total. The largest absolute Gasteiger partial charge is 0.756 e. The number of hydrogen-bond acceptors (Lipinski definition) is 7. The van der Waals surface area contributed by atoms with Crippen LogP contribution in [0.4, 0.5) is 0 Å². The molecule has 0 saturated heterocycles. The summed E-state index contributed by atoms with van der Waals surface area (Å²) in [6.45, 7) is 10.1. The van der Waals surface area contributed by atoms with E-state index < -0.39 is 33.1 Å². The summed E-state index contributed by atoms with van der Waals surface area (Å²) in [7, 11) is 1.16. The number of aliphatic hydroxyl groups excluding tert-OH is 1. The van der Waals surface area contributed by atoms with Gasteiger partial charge in [0.15, 0.2) is 0 Å². The highest BCUT2D eigenvalue weighted by molar-refractivity contribution is 7.45. The molecule has 2 unspecified atom stereocenters. The van der Waals surface area contributed by atoms with Gasteiger partial charge in [-0.3, -0.25) is 4.57 Å². The standard InChI is InChI=1S/C28H46NO7P/c1-22(14-15-26-24(3)13-10-16-28(26,4)5)11-9-12-23(2)19-27(31)34-20-25(30)21-36-37(32,33)35-18-17-29(6,7)8/h9,11-12,14-15,19,25,30H,10,13,16-18,20-21H2,1-8H3/b12-9+,15-14+,22-11+,23-19+. The van der Waals surface area contributed by atoms with Crippen LogP contribution >= 0.6 is 7.82 Å². The van der Waals surface area contributed by atoms with E-state index in [9.17, 15) is 19.4 Å². The summed E-state index contributed by atoms with van der Waals surface area (Å²) in [6.07, 6.45) is 13.5. The maximum Gasteiger partial charge on any atom is 0.331 e. The summed E-state index contributed by atoms with van der Waals surface area (Å²) in [5.74, 6) is -0.645. The van der Waals surface area contributed by atoms with Crippen LogP contribution in [0.15, 0.2) is 58.7 Å². The van der Waals surface area contributed by atoms with E-state index >= 15 is 0 Å². The third-order valence-corrected chi connectivity index (χ3v) is 6.94. The summed E-state index contributed by atoms with van der Waals surface area (Å²) in [6, 6.07) is 0. The first-order valence-electron chi connectivity index (χ1n) is 12.7. The summed E-state index contributed by atoms with van der Waals surface area (Å²) in [5, 5.41) is 9.87. The van der Waals surface area contributed by atoms with Crippen LogP contribution in [0.25, 0.3) is 0 Å². The number of quaternary nitrogens is 1. The number of rotatable bonds is 14. The monoisotopic (exact) mass is 539 g/mol. The first kappa shape index (κ1) is 33.2. The molecule has 9 heteroatoms. The Morgan fingerprint density at radius 3 is 2.46 bits per heavy atom. The normalized spacial score (nSPS) is 19.9. The van der Waals surface area contributed by atoms with E-state index in [4.69, 9.17) is 9.26 Å². The first-order chi connectivity index (χ1) is 17.0. The number of hydrogen-bond donors (Lipinski definition) is 1. The Kier molecular flexibility index (Phi) is 13.4. The minimum Gasteiger partial charge on any atom is -0.756 e. The number of esters is 1. The minimum atomic E-state index is -4.54. The van der Waals surface area contributed by atoms with Gasteiger partial charge in [0.05, 0.1) is 27.7 Å². The molecule has 0 fully saturated rings. The van der Waals surface area contributed by atoms with Crippen LogP contribution in [-0.4, -0.2) is 69.2 Å². The summed E-state index contributed by atoms with van der Waals surface area (Å²) in [5.41, 5.74) is 4.82. The molecule has 2 atom stereocenters. The quantitative estimate of drug-likeness (QED) is 0.113. The fourth-order valence-electron chi connectivity index (χ4n) is 3.78. The van der Waals surface area contributed by atoms with Crippen molar-refractivity contribution in [1.82, 2.24) is 0 Å². The van der Waals surface area contributed by atoms with E-state index in [0.29, 0.717) is 16.6 Å². The highest BCUT2D eigenvalue weighted by Crippen LogP contribution is 2.41. The number of nitrogens with zero attached hydrogens (tertiary/aromatic N) is 1. The molecule has 37 heavy (non-hydrogen) atoms. The highest BCUT2D eigenvalue weighted by atomic mass is 31.2. The first-order valence-corrected chi connectivity index (χ1v) is 14.1. The Morgan fingerprint density at radius 2 is 1.84 bits per heavy atom. The van der Waals surface area contributed by atoms with Gasteiger partial charge in [-0.2, -0.15) is 0 Å². The van der Waals surface area contributed by atoms with E-state index in [2.05, 4.69) is 37.4 Å². The average molecular weight is 540 g/mol. The number of aliphatic hydroxyl groups is 1. The van der Waals surface area contributed by atoms with Crippen LogP contribution in [-0.2, 0) is 23.1 Å². The van der Waals surface area contributed by atoms with Crippen LogP contribution in [0, 0.1) is 5.41 Å². The number of carbonyl (C=O) groups excluding carboxylic acids is 1. The van der Waals surface area contributed by atoms with Gasteiger partial charge >= 0.3 is 5.97 Å². The molecule has 8 nitrogen and oxygen atoms in total. The summed E-state index contributed by atoms with van der Waals surface area (Å²) < 4.78 is 26.7. The predicted octanol–water partition coefficient (Wildman–Crippen LogP) is 4.63. The molecule has 0 aromatic heterocycles. The number of carbonyl (C=O) groups is 1. The molecule has 0 saturated carbocycles. The van der Waals surface area contributed by atoms with Gasteiger partial charge in [-0.05, 0) is 56.6 Å². The Bertz CT molecular complexity index is 968. The topological polar surface area (TPSA) is 105 Å². The van der Waals surface area contributed by atoms with Crippen LogP contribution in [0.2, 0.25) is 0 Å². The number of phosphoric acid groups is 1. The lowest BCUT2D eigenvalue weighted by atomic mass is 9.72. The summed E-state index contributed by atoms with van der Waals surface area (Å²) >= 11 is 0. The van der Waals surface area contributed by atoms with Crippen molar-refractivity contribution in [1.29, 1.82) is 0 Å². The second-order valence-corrected chi connectivity index (χ2v) is 12.7. The molecule has 210 valence electrons. The number of allylic oxidation sites excluding steroid dienone is 9. The molecule has 1 aliphatic rings. The number of phosphoric ester groups is 1. The van der Waals surface area contributed by atoms with Gasteiger partial charge in [-0.25, -0.2) is 4.79 Å². The second-order valence-electron chi connectivity index (χ2n) is 11.3. The van der Waals surface area contributed by atoms with Crippen molar-refractivity contribution in [3.8, 4) is 0 Å². The molecule has 0 bridgehead atoms. The Hall–Kier alpha value is -1.80. The van der Waals surface area contributed by atoms with Gasteiger partial charge in [-0.1, -0.05) is 55.4 Å². The molecular weight excluding hydrogens is 493 g/mol. The van der Waals surface area contributed by atoms with Gasteiger partial charge in [0.25, 0.3) is 7.82 Å². The Morgan fingerprint density at radius 1 is 1.16 bits per heavy atom. The van der Waals surface area contributed by atoms with Crippen molar-refractivity contribution in [3.63, 3.8) is 0 Å². The van der Waals surface area contributed by atoms with Gasteiger partial charge in [-0.15, -0.1) is 0 Å². The fraction of sp³-hybridized carbons (Fsp3) is 0.607. The van der Waals surface area contributed by atoms with E-state index in [1.165, 1.54) is 30.1 Å². The number of likely N-dealkylation sites (N-methyl/N-ethyl adjacent to an activating group) is 1. The second kappa shape index (κ2) is 15.0. The molecule has 1 aliphatic carbocycles. The molecule has 0 aliphatic heterocycles. The van der Waals surface area contributed by atoms with Crippen molar-refractivity contribution < 1.29 is 37.6 Å². The van der Waals surface area contributed by atoms with Crippen molar-refractivity contribution in [2.75, 3.05) is 47.5 Å². The molecule has 0 amide bonds. The molecular formula is C28H46NO7P. The number of ether oxygens (including phenoxy) is 1. The lowest BCUT2D eigenvalue weighted by Crippen LogP contribution is -2.37. The Labute approximate surface area is 223 Å². The molecule has 0 heterocycles. The van der Waals surface area contributed by atoms with E-state index in [1.807, 2.05) is 40.2 Å². The van der Waals surface area contributed by atoms with Gasteiger partial charge < -0.3 is 28.3 Å². The summed E-state index contributed by atoms with van der Waals surface area (Å²) in [4.78, 5) is 23.7. The van der Waals surface area contributed by atoms with E-state index in [0.717, 1.165) is 12.0 Å². The van der Waals surface area contributed by atoms with Crippen LogP contribution in [0.3, 0.4) is 0 Å². The van der Waals surface area contributed by atoms with Crippen molar-refractivity contribution in [2.45, 2.75) is 60.0 Å². The van der Waals surface area contributed by atoms with Crippen LogP contribution in [0.1, 0.15) is 53.9 Å². The smallest absolute Gasteiger partial charge is 0.331 e. The lowest BCUT2D eigenvalue weighted by Gasteiger charge is -2.32. The zero-order chi connectivity index (χ0) is 28.3. The average Bonchev–Trinajstić information content (AvgIpc) is 2.74. The maximum absolute atomic E-state index is 12.0. The van der Waals surface area contributed by atoms with Gasteiger partial charge in [0.2, 0.25) is 0 Å². The zero-order valence-electron chi connectivity index (χ0n) is 23.8. The fourth-order valence-corrected chi connectivity index (χ4v) is 4.51. The van der Waals surface area contributed by atoms with Crippen LogP contribution < -0.4 is 4.89 Å². The van der Waals surface area contributed by atoms with E-state index in [1.54, 1.807) is 13.0 Å². The van der Waals surface area contributed by atoms with E-state index in [-0.39, 0.29) is 12.0 Å². The van der Waals surface area contributed by atoms with Crippen molar-refractivity contribution >= 4 is 13.8 Å². The lowest BCUT2D eigenvalue weighted by molar-refractivity contribution is -0.870. The van der Waals surface area contributed by atoms with Crippen molar-refractivity contribution in [3.05, 3.63) is 58.7 Å². The SMILES string of the molecule is CC1=C(/C=C/C(C)=C/C=C/C(C)=C/C(=O)OCC(O)COP(=O)([O-])OCC[N+](C)(C)C)C(C)(C)CCC1. The van der Waals surface area contributed by atoms with Crippen molar-refractivity contribution in [2.24, 2.45) is 5.41 Å². The molecule has 0 radical (unpaired) electrons. The van der Waals surface area contributed by atoms with Gasteiger partial charge in [0.1, 0.15) is 25.9 Å². The Balaban J connectivity index is 2.48. The highest BCUT2D eigenvalue weighted by Gasteiger charge is 2.26. The van der Waals surface area contributed by atoms with Crippen LogP contribution in [0.5, 0.6) is 0 Å². The third kappa shape index (κ3) is 14.6.